The van der Waals surface area contributed by atoms with Crippen LogP contribution in [0.25, 0.3) is 10.8 Å². The summed E-state index contributed by atoms with van der Waals surface area (Å²) >= 11 is 6.11. The first kappa shape index (κ1) is 14.3. The van der Waals surface area contributed by atoms with Crippen LogP contribution in [0.3, 0.4) is 0 Å². The minimum absolute atomic E-state index is 0.554. The van der Waals surface area contributed by atoms with E-state index in [1.807, 2.05) is 24.3 Å². The highest BCUT2D eigenvalue weighted by atomic mass is 35.5. The lowest BCUT2D eigenvalue weighted by Crippen LogP contribution is -2.20. The van der Waals surface area contributed by atoms with Crippen LogP contribution in [0.2, 0.25) is 0 Å². The summed E-state index contributed by atoms with van der Waals surface area (Å²) in [7, 11) is 2.72. The van der Waals surface area contributed by atoms with Gasteiger partial charge in [0.05, 0.1) is 14.2 Å². The summed E-state index contributed by atoms with van der Waals surface area (Å²) in [4.78, 5) is 23.1. The third-order valence-electron chi connectivity index (χ3n) is 3.03. The number of alkyl halides is 1. The number of benzene rings is 2. The van der Waals surface area contributed by atoms with Crippen LogP contribution >= 0.6 is 11.6 Å². The Labute approximate surface area is 121 Å². The number of ether oxygens (including phenoxy) is 2. The first-order valence-corrected chi connectivity index (χ1v) is 6.35. The van der Waals surface area contributed by atoms with Crippen molar-refractivity contribution in [1.82, 2.24) is 0 Å². The van der Waals surface area contributed by atoms with Gasteiger partial charge in [-0.3, -0.25) is 4.79 Å². The molecule has 0 aliphatic rings. The summed E-state index contributed by atoms with van der Waals surface area (Å²) in [5, 5.41) is 0.512. The number of ketones is 1. The molecule has 0 radical (unpaired) electrons. The molecule has 0 spiro atoms. The molecule has 4 nitrogen and oxygen atoms in total. The number of methoxy groups -OCH3 is 2. The smallest absolute Gasteiger partial charge is 0.376 e. The van der Waals surface area contributed by atoms with Gasteiger partial charge in [0.25, 0.3) is 5.78 Å². The fourth-order valence-corrected chi connectivity index (χ4v) is 2.32. The molecule has 0 bridgehead atoms. The fraction of sp³-hybridized carbons (Fsp3) is 0.200. The molecule has 0 amide bonds. The van der Waals surface area contributed by atoms with Gasteiger partial charge in [-0.2, -0.15) is 0 Å². The molecule has 0 aromatic heterocycles. The highest BCUT2D eigenvalue weighted by Crippen LogP contribution is 2.34. The Morgan fingerprint density at radius 3 is 2.30 bits per heavy atom. The van der Waals surface area contributed by atoms with Crippen molar-refractivity contribution < 1.29 is 19.1 Å². The van der Waals surface area contributed by atoms with Gasteiger partial charge in [-0.05, 0) is 17.0 Å². The van der Waals surface area contributed by atoms with E-state index >= 15 is 0 Å². The van der Waals surface area contributed by atoms with E-state index in [1.165, 1.54) is 0 Å². The van der Waals surface area contributed by atoms with Crippen LogP contribution in [0.5, 0.6) is 5.75 Å². The van der Waals surface area contributed by atoms with E-state index in [-0.39, 0.29) is 0 Å². The Hall–Kier alpha value is -2.07. The number of carbonyl (C=O) groups is 2. The molecule has 0 heterocycles. The molecule has 104 valence electrons. The van der Waals surface area contributed by atoms with E-state index in [0.717, 1.165) is 17.9 Å². The van der Waals surface area contributed by atoms with Crippen molar-refractivity contribution in [2.45, 2.75) is 5.38 Å². The maximum atomic E-state index is 11.8. The van der Waals surface area contributed by atoms with Gasteiger partial charge in [-0.1, -0.05) is 30.3 Å². The van der Waals surface area contributed by atoms with E-state index in [0.29, 0.717) is 11.3 Å². The highest BCUT2D eigenvalue weighted by Gasteiger charge is 2.27. The van der Waals surface area contributed by atoms with Crippen LogP contribution < -0.4 is 4.74 Å². The Kier molecular flexibility index (Phi) is 4.25. The van der Waals surface area contributed by atoms with Crippen LogP contribution in [0.1, 0.15) is 10.9 Å². The molecular formula is C15H13ClO4. The number of fused-ring (bicyclic) bond motifs is 1. The predicted molar refractivity (Wildman–Crippen MR) is 76.1 cm³/mol. The highest BCUT2D eigenvalue weighted by molar-refractivity contribution is 6.47. The lowest BCUT2D eigenvalue weighted by atomic mass is 9.99. The maximum Gasteiger partial charge on any atom is 0.376 e. The summed E-state index contributed by atoms with van der Waals surface area (Å²) in [5.41, 5.74) is 0.554. The van der Waals surface area contributed by atoms with E-state index in [2.05, 4.69) is 4.74 Å². The van der Waals surface area contributed by atoms with Gasteiger partial charge in [-0.25, -0.2) is 4.79 Å². The molecule has 0 fully saturated rings. The van der Waals surface area contributed by atoms with E-state index in [1.54, 1.807) is 19.2 Å². The van der Waals surface area contributed by atoms with Crippen molar-refractivity contribution in [3.63, 3.8) is 0 Å². The number of hydrogen-bond acceptors (Lipinski definition) is 4. The second-order valence-corrected chi connectivity index (χ2v) is 4.56. The molecule has 0 aliphatic carbocycles. The second kappa shape index (κ2) is 5.92. The quantitative estimate of drug-likeness (QED) is 0.494. The van der Waals surface area contributed by atoms with E-state index in [9.17, 15) is 9.59 Å². The SMILES string of the molecule is COC(=O)C(=O)C(Cl)c1ccc(OC)c2ccccc12. The normalized spacial score (nSPS) is 11.9. The van der Waals surface area contributed by atoms with Gasteiger partial charge in [0.1, 0.15) is 11.1 Å². The van der Waals surface area contributed by atoms with Gasteiger partial charge in [0.2, 0.25) is 0 Å². The molecule has 0 saturated carbocycles. The van der Waals surface area contributed by atoms with Gasteiger partial charge in [0.15, 0.2) is 0 Å². The Bertz CT molecular complexity index is 666. The minimum Gasteiger partial charge on any atom is -0.496 e. The summed E-state index contributed by atoms with van der Waals surface area (Å²) in [6, 6.07) is 10.8. The molecule has 20 heavy (non-hydrogen) atoms. The minimum atomic E-state index is -1.08. The lowest BCUT2D eigenvalue weighted by molar-refractivity contribution is -0.151. The Morgan fingerprint density at radius 1 is 1.05 bits per heavy atom. The molecule has 5 heteroatoms. The number of rotatable bonds is 4. The number of halogens is 1. The predicted octanol–water partition coefficient (Wildman–Crippen LogP) is 2.87. The van der Waals surface area contributed by atoms with Crippen molar-refractivity contribution in [2.24, 2.45) is 0 Å². The zero-order chi connectivity index (χ0) is 14.7. The largest absolute Gasteiger partial charge is 0.496 e. The first-order chi connectivity index (χ1) is 9.60. The zero-order valence-electron chi connectivity index (χ0n) is 11.1. The van der Waals surface area contributed by atoms with Crippen LogP contribution in [0.15, 0.2) is 36.4 Å². The third kappa shape index (κ3) is 2.47. The summed E-state index contributed by atoms with van der Waals surface area (Å²) < 4.78 is 9.69. The zero-order valence-corrected chi connectivity index (χ0v) is 11.8. The van der Waals surface area contributed by atoms with Crippen molar-refractivity contribution >= 4 is 34.1 Å². The average Bonchev–Trinajstić information content (AvgIpc) is 2.51. The lowest BCUT2D eigenvalue weighted by Gasteiger charge is -2.13. The van der Waals surface area contributed by atoms with Crippen LogP contribution in [0, 0.1) is 0 Å². The second-order valence-electron chi connectivity index (χ2n) is 4.12. The molecule has 2 rings (SSSR count). The summed E-state index contributed by atoms with van der Waals surface area (Å²) in [6.45, 7) is 0. The van der Waals surface area contributed by atoms with Gasteiger partial charge in [0, 0.05) is 5.39 Å². The van der Waals surface area contributed by atoms with Crippen molar-refractivity contribution in [2.75, 3.05) is 14.2 Å². The molecule has 0 saturated heterocycles. The molecular weight excluding hydrogens is 280 g/mol. The van der Waals surface area contributed by atoms with Gasteiger partial charge < -0.3 is 9.47 Å². The van der Waals surface area contributed by atoms with Gasteiger partial charge in [-0.15, -0.1) is 11.6 Å². The third-order valence-corrected chi connectivity index (χ3v) is 3.46. The number of Topliss-reactive ketones (excluding diaryl/α,β-unsaturated/α-hetero) is 1. The monoisotopic (exact) mass is 292 g/mol. The van der Waals surface area contributed by atoms with Crippen LogP contribution in [-0.4, -0.2) is 26.0 Å². The molecule has 0 N–H and O–H groups in total. The van der Waals surface area contributed by atoms with E-state index in [4.69, 9.17) is 16.3 Å². The van der Waals surface area contributed by atoms with Crippen LogP contribution in [0.4, 0.5) is 0 Å². The van der Waals surface area contributed by atoms with Crippen molar-refractivity contribution in [3.05, 3.63) is 42.0 Å². The molecule has 2 aromatic carbocycles. The van der Waals surface area contributed by atoms with E-state index < -0.39 is 17.1 Å². The number of hydrogen-bond donors (Lipinski definition) is 0. The molecule has 1 unspecified atom stereocenters. The first-order valence-electron chi connectivity index (χ1n) is 5.92. The fourth-order valence-electron chi connectivity index (χ4n) is 2.04. The molecule has 1 atom stereocenters. The summed E-state index contributed by atoms with van der Waals surface area (Å²) in [5.74, 6) is -1.06. The average molecular weight is 293 g/mol. The summed E-state index contributed by atoms with van der Waals surface area (Å²) in [6.07, 6.45) is 0. The number of carbonyl (C=O) groups excluding carboxylic acids is 2. The standard InChI is InChI=1S/C15H13ClO4/c1-19-12-8-7-11(9-5-3-4-6-10(9)12)13(16)14(17)15(18)20-2/h3-8,13H,1-2H3. The number of esters is 1. The topological polar surface area (TPSA) is 52.6 Å². The molecule has 0 aliphatic heterocycles. The van der Waals surface area contributed by atoms with Crippen molar-refractivity contribution in [3.8, 4) is 5.75 Å². The Morgan fingerprint density at radius 2 is 1.70 bits per heavy atom. The van der Waals surface area contributed by atoms with Gasteiger partial charge >= 0.3 is 5.97 Å². The maximum absolute atomic E-state index is 11.8. The molecule has 2 aromatic rings. The van der Waals surface area contributed by atoms with Crippen LogP contribution in [-0.2, 0) is 14.3 Å². The van der Waals surface area contributed by atoms with Crippen molar-refractivity contribution in [1.29, 1.82) is 0 Å². The Balaban J connectivity index is 2.56.